The zero-order valence-electron chi connectivity index (χ0n) is 12.8. The Kier molecular flexibility index (Phi) is 3.78. The molecule has 3 nitrogen and oxygen atoms in total. The molecule has 4 fully saturated rings. The van der Waals surface area contributed by atoms with Crippen LogP contribution < -0.4 is 5.32 Å². The average molecular weight is 278 g/mol. The fourth-order valence-corrected chi connectivity index (χ4v) is 4.80. The highest BCUT2D eigenvalue weighted by molar-refractivity contribution is 4.97. The lowest BCUT2D eigenvalue weighted by molar-refractivity contribution is -0.0682. The lowest BCUT2D eigenvalue weighted by Crippen LogP contribution is -2.53. The van der Waals surface area contributed by atoms with Crippen molar-refractivity contribution in [3.8, 4) is 0 Å². The van der Waals surface area contributed by atoms with Crippen molar-refractivity contribution in [1.82, 2.24) is 10.2 Å². The first kappa shape index (κ1) is 13.5. The van der Waals surface area contributed by atoms with Gasteiger partial charge in [0.15, 0.2) is 0 Å². The summed E-state index contributed by atoms with van der Waals surface area (Å²) >= 11 is 0. The zero-order valence-corrected chi connectivity index (χ0v) is 12.8. The van der Waals surface area contributed by atoms with Gasteiger partial charge in [0, 0.05) is 31.7 Å². The Balaban J connectivity index is 1.41. The molecule has 0 aromatic rings. The highest BCUT2D eigenvalue weighted by atomic mass is 16.5. The Morgan fingerprint density at radius 2 is 1.90 bits per heavy atom. The molecule has 4 rings (SSSR count). The molecule has 2 unspecified atom stereocenters. The molecule has 4 aliphatic rings. The summed E-state index contributed by atoms with van der Waals surface area (Å²) in [6, 6.07) is 1.60. The highest BCUT2D eigenvalue weighted by Crippen LogP contribution is 2.41. The molecule has 114 valence electrons. The molecule has 0 bridgehead atoms. The van der Waals surface area contributed by atoms with Crippen molar-refractivity contribution >= 4 is 0 Å². The molecule has 1 heterocycles. The van der Waals surface area contributed by atoms with Crippen molar-refractivity contribution in [1.29, 1.82) is 0 Å². The van der Waals surface area contributed by atoms with E-state index in [1.807, 2.05) is 0 Å². The third kappa shape index (κ3) is 2.77. The van der Waals surface area contributed by atoms with Crippen LogP contribution in [0.15, 0.2) is 0 Å². The summed E-state index contributed by atoms with van der Waals surface area (Å²) in [6.07, 6.45) is 13.2. The number of morpholine rings is 1. The van der Waals surface area contributed by atoms with Crippen LogP contribution >= 0.6 is 0 Å². The van der Waals surface area contributed by atoms with E-state index in [0.29, 0.717) is 11.5 Å². The Morgan fingerprint density at radius 1 is 1.05 bits per heavy atom. The second-order valence-corrected chi connectivity index (χ2v) is 7.74. The largest absolute Gasteiger partial charge is 0.375 e. The fraction of sp³-hybridized carbons (Fsp3) is 1.00. The molecule has 3 saturated carbocycles. The molecule has 20 heavy (non-hydrogen) atoms. The molecule has 1 N–H and O–H groups in total. The van der Waals surface area contributed by atoms with Crippen molar-refractivity contribution in [3.63, 3.8) is 0 Å². The molecule has 0 aromatic carbocycles. The van der Waals surface area contributed by atoms with E-state index in [9.17, 15) is 0 Å². The van der Waals surface area contributed by atoms with Gasteiger partial charge >= 0.3 is 0 Å². The van der Waals surface area contributed by atoms with Crippen LogP contribution in [0.25, 0.3) is 0 Å². The number of fused-ring (bicyclic) bond motifs is 1. The van der Waals surface area contributed by atoms with E-state index < -0.39 is 0 Å². The third-order valence-corrected chi connectivity index (χ3v) is 6.14. The van der Waals surface area contributed by atoms with Crippen molar-refractivity contribution < 1.29 is 4.74 Å². The standard InChI is InChI=1S/C17H30N2O/c1-2-9-17(8-1,12-18-14-6-7-14)13-19-10-11-20-16-5-3-4-15(16)19/h14-16,18H,1-13H2. The molecule has 0 aromatic heterocycles. The number of nitrogens with zero attached hydrogens (tertiary/aromatic N) is 1. The second kappa shape index (κ2) is 5.58. The van der Waals surface area contributed by atoms with Gasteiger partial charge in [-0.25, -0.2) is 0 Å². The summed E-state index contributed by atoms with van der Waals surface area (Å²) in [4.78, 5) is 2.81. The summed E-state index contributed by atoms with van der Waals surface area (Å²) in [5.74, 6) is 0. The Labute approximate surface area is 123 Å². The van der Waals surface area contributed by atoms with E-state index in [4.69, 9.17) is 4.74 Å². The predicted molar refractivity (Wildman–Crippen MR) is 80.9 cm³/mol. The maximum absolute atomic E-state index is 5.98. The van der Waals surface area contributed by atoms with Crippen LogP contribution in [0.2, 0.25) is 0 Å². The minimum Gasteiger partial charge on any atom is -0.375 e. The predicted octanol–water partition coefficient (Wildman–Crippen LogP) is 2.55. The van der Waals surface area contributed by atoms with Crippen LogP contribution in [0.4, 0.5) is 0 Å². The minimum absolute atomic E-state index is 0.554. The van der Waals surface area contributed by atoms with Crippen LogP contribution in [0.3, 0.4) is 0 Å². The molecular formula is C17H30N2O. The molecule has 0 amide bonds. The van der Waals surface area contributed by atoms with Gasteiger partial charge < -0.3 is 10.1 Å². The van der Waals surface area contributed by atoms with Crippen molar-refractivity contribution in [3.05, 3.63) is 0 Å². The van der Waals surface area contributed by atoms with E-state index in [2.05, 4.69) is 10.2 Å². The first-order chi connectivity index (χ1) is 9.85. The molecular weight excluding hydrogens is 248 g/mol. The van der Waals surface area contributed by atoms with Crippen LogP contribution in [0, 0.1) is 5.41 Å². The van der Waals surface area contributed by atoms with Gasteiger partial charge in [-0.2, -0.15) is 0 Å². The number of nitrogens with one attached hydrogen (secondary N) is 1. The maximum atomic E-state index is 5.98. The van der Waals surface area contributed by atoms with Gasteiger partial charge in [0.25, 0.3) is 0 Å². The third-order valence-electron chi connectivity index (χ3n) is 6.14. The summed E-state index contributed by atoms with van der Waals surface area (Å²) in [7, 11) is 0. The number of hydrogen-bond acceptors (Lipinski definition) is 3. The molecule has 1 aliphatic heterocycles. The van der Waals surface area contributed by atoms with E-state index in [-0.39, 0.29) is 0 Å². The quantitative estimate of drug-likeness (QED) is 0.836. The van der Waals surface area contributed by atoms with E-state index >= 15 is 0 Å². The van der Waals surface area contributed by atoms with Gasteiger partial charge in [-0.3, -0.25) is 4.90 Å². The van der Waals surface area contributed by atoms with Gasteiger partial charge in [-0.1, -0.05) is 12.8 Å². The van der Waals surface area contributed by atoms with Crippen molar-refractivity contribution in [2.75, 3.05) is 26.2 Å². The van der Waals surface area contributed by atoms with Crippen LogP contribution in [0.5, 0.6) is 0 Å². The average Bonchev–Trinajstić information content (AvgIpc) is 2.98. The minimum atomic E-state index is 0.554. The van der Waals surface area contributed by atoms with E-state index in [0.717, 1.165) is 18.7 Å². The van der Waals surface area contributed by atoms with E-state index in [1.165, 1.54) is 77.4 Å². The van der Waals surface area contributed by atoms with Crippen molar-refractivity contribution in [2.24, 2.45) is 5.41 Å². The topological polar surface area (TPSA) is 24.5 Å². The van der Waals surface area contributed by atoms with Crippen LogP contribution in [-0.4, -0.2) is 49.3 Å². The molecule has 2 atom stereocenters. The molecule has 0 spiro atoms. The van der Waals surface area contributed by atoms with E-state index in [1.54, 1.807) is 0 Å². The molecule has 3 aliphatic carbocycles. The zero-order chi connectivity index (χ0) is 13.4. The molecule has 3 heteroatoms. The summed E-state index contributed by atoms with van der Waals surface area (Å²) in [6.45, 7) is 4.74. The highest BCUT2D eigenvalue weighted by Gasteiger charge is 2.42. The Hall–Kier alpha value is -0.120. The van der Waals surface area contributed by atoms with Gasteiger partial charge in [0.1, 0.15) is 0 Å². The first-order valence-corrected chi connectivity index (χ1v) is 8.94. The van der Waals surface area contributed by atoms with Crippen LogP contribution in [-0.2, 0) is 4.74 Å². The van der Waals surface area contributed by atoms with Gasteiger partial charge in [0.2, 0.25) is 0 Å². The smallest absolute Gasteiger partial charge is 0.0730 e. The lowest BCUT2D eigenvalue weighted by Gasteiger charge is -2.43. The Morgan fingerprint density at radius 3 is 2.70 bits per heavy atom. The molecule has 0 radical (unpaired) electrons. The lowest BCUT2D eigenvalue weighted by atomic mass is 9.84. The number of rotatable bonds is 5. The van der Waals surface area contributed by atoms with Gasteiger partial charge in [-0.05, 0) is 50.4 Å². The van der Waals surface area contributed by atoms with Gasteiger partial charge in [-0.15, -0.1) is 0 Å². The van der Waals surface area contributed by atoms with Gasteiger partial charge in [0.05, 0.1) is 12.7 Å². The second-order valence-electron chi connectivity index (χ2n) is 7.74. The number of ether oxygens (including phenoxy) is 1. The first-order valence-electron chi connectivity index (χ1n) is 8.94. The summed E-state index contributed by atoms with van der Waals surface area (Å²) in [5, 5.41) is 3.83. The Bertz CT molecular complexity index is 336. The SMILES string of the molecule is C1CC2OCCN(CC3(CNC4CC4)CCCC3)C2C1. The summed E-state index contributed by atoms with van der Waals surface area (Å²) in [5.41, 5.74) is 0.576. The monoisotopic (exact) mass is 278 g/mol. The fourth-order valence-electron chi connectivity index (χ4n) is 4.80. The normalized spacial score (nSPS) is 37.2. The van der Waals surface area contributed by atoms with Crippen LogP contribution in [0.1, 0.15) is 57.8 Å². The summed E-state index contributed by atoms with van der Waals surface area (Å²) < 4.78 is 5.98. The number of hydrogen-bond donors (Lipinski definition) is 1. The molecule has 1 saturated heterocycles. The maximum Gasteiger partial charge on any atom is 0.0730 e. The van der Waals surface area contributed by atoms with Crippen molar-refractivity contribution in [2.45, 2.75) is 76.0 Å².